The first-order valence-corrected chi connectivity index (χ1v) is 5.56. The number of ether oxygens (including phenoxy) is 1. The summed E-state index contributed by atoms with van der Waals surface area (Å²) in [6.45, 7) is 1.65. The number of nitrogens with two attached hydrogens (primary N) is 1. The van der Waals surface area contributed by atoms with E-state index in [4.69, 9.17) is 10.5 Å². The van der Waals surface area contributed by atoms with Crippen LogP contribution in [0.4, 0.5) is 0 Å². The highest BCUT2D eigenvalue weighted by molar-refractivity contribution is 5.76. The number of carbonyl (C=O) groups excluding carboxylic acids is 1. The normalized spacial score (nSPS) is 17.2. The first-order chi connectivity index (χ1) is 7.75. The van der Waals surface area contributed by atoms with Gasteiger partial charge in [-0.1, -0.05) is 6.07 Å². The Kier molecular flexibility index (Phi) is 3.51. The zero-order valence-corrected chi connectivity index (χ0v) is 9.19. The van der Waals surface area contributed by atoms with Crippen molar-refractivity contribution in [1.29, 1.82) is 0 Å². The maximum absolute atomic E-state index is 10.7. The first-order valence-electron chi connectivity index (χ1n) is 5.56. The molecule has 86 valence electrons. The predicted octanol–water partition coefficient (Wildman–Crippen LogP) is 1.00. The number of amides is 1. The van der Waals surface area contributed by atoms with Gasteiger partial charge < -0.3 is 10.5 Å². The fourth-order valence-electron chi connectivity index (χ4n) is 1.99. The fraction of sp³-hybridized carbons (Fsp3) is 0.500. The van der Waals surface area contributed by atoms with E-state index in [-0.39, 0.29) is 12.3 Å². The Labute approximate surface area is 94.8 Å². The van der Waals surface area contributed by atoms with Crippen LogP contribution in [-0.2, 0) is 16.0 Å². The SMILES string of the molecule is NC(=O)Cc1ccc(C2CCOCC2)cn1. The van der Waals surface area contributed by atoms with E-state index in [1.165, 1.54) is 5.56 Å². The third-order valence-corrected chi connectivity index (χ3v) is 2.90. The van der Waals surface area contributed by atoms with Crippen LogP contribution in [0, 0.1) is 0 Å². The van der Waals surface area contributed by atoms with E-state index in [2.05, 4.69) is 4.98 Å². The molecule has 0 bridgehead atoms. The van der Waals surface area contributed by atoms with Gasteiger partial charge in [0.1, 0.15) is 0 Å². The molecule has 2 N–H and O–H groups in total. The highest BCUT2D eigenvalue weighted by atomic mass is 16.5. The van der Waals surface area contributed by atoms with Crippen molar-refractivity contribution in [2.45, 2.75) is 25.2 Å². The van der Waals surface area contributed by atoms with E-state index in [0.717, 1.165) is 31.7 Å². The Morgan fingerprint density at radius 2 is 2.19 bits per heavy atom. The molecule has 0 aliphatic carbocycles. The summed E-state index contributed by atoms with van der Waals surface area (Å²) in [6, 6.07) is 3.93. The van der Waals surface area contributed by atoms with Gasteiger partial charge in [0.2, 0.25) is 5.91 Å². The summed E-state index contributed by atoms with van der Waals surface area (Å²) in [6.07, 6.45) is 4.18. The summed E-state index contributed by atoms with van der Waals surface area (Å²) < 4.78 is 5.32. The number of aromatic nitrogens is 1. The van der Waals surface area contributed by atoms with Gasteiger partial charge in [-0.15, -0.1) is 0 Å². The van der Waals surface area contributed by atoms with Crippen molar-refractivity contribution in [1.82, 2.24) is 4.98 Å². The molecule has 0 unspecified atom stereocenters. The van der Waals surface area contributed by atoms with Crippen molar-refractivity contribution in [3.8, 4) is 0 Å². The second-order valence-corrected chi connectivity index (χ2v) is 4.11. The monoisotopic (exact) mass is 220 g/mol. The van der Waals surface area contributed by atoms with Gasteiger partial charge in [-0.3, -0.25) is 9.78 Å². The Morgan fingerprint density at radius 3 is 2.75 bits per heavy atom. The quantitative estimate of drug-likeness (QED) is 0.826. The van der Waals surface area contributed by atoms with E-state index in [0.29, 0.717) is 5.92 Å². The Bertz CT molecular complexity index is 356. The van der Waals surface area contributed by atoms with Gasteiger partial charge in [-0.2, -0.15) is 0 Å². The van der Waals surface area contributed by atoms with Crippen molar-refractivity contribution in [3.63, 3.8) is 0 Å². The van der Waals surface area contributed by atoms with Gasteiger partial charge in [-0.25, -0.2) is 0 Å². The molecule has 0 spiro atoms. The number of rotatable bonds is 3. The van der Waals surface area contributed by atoms with Gasteiger partial charge in [0.25, 0.3) is 0 Å². The highest BCUT2D eigenvalue weighted by Gasteiger charge is 2.16. The summed E-state index contributed by atoms with van der Waals surface area (Å²) >= 11 is 0. The van der Waals surface area contributed by atoms with Crippen LogP contribution in [-0.4, -0.2) is 24.1 Å². The molecule has 16 heavy (non-hydrogen) atoms. The molecule has 2 rings (SSSR count). The minimum absolute atomic E-state index is 0.216. The number of hydrogen-bond acceptors (Lipinski definition) is 3. The Hall–Kier alpha value is -1.42. The molecule has 0 aromatic carbocycles. The third-order valence-electron chi connectivity index (χ3n) is 2.90. The number of primary amides is 1. The van der Waals surface area contributed by atoms with Crippen molar-refractivity contribution < 1.29 is 9.53 Å². The smallest absolute Gasteiger partial charge is 0.223 e. The molecule has 1 saturated heterocycles. The molecule has 1 aromatic heterocycles. The molecule has 0 saturated carbocycles. The lowest BCUT2D eigenvalue weighted by atomic mass is 9.93. The van der Waals surface area contributed by atoms with Gasteiger partial charge in [-0.05, 0) is 30.4 Å². The fourth-order valence-corrected chi connectivity index (χ4v) is 1.99. The van der Waals surface area contributed by atoms with Crippen molar-refractivity contribution in [3.05, 3.63) is 29.6 Å². The lowest BCUT2D eigenvalue weighted by molar-refractivity contribution is -0.117. The van der Waals surface area contributed by atoms with Crippen LogP contribution in [0.2, 0.25) is 0 Å². The average Bonchev–Trinajstić information content (AvgIpc) is 2.30. The number of carbonyl (C=O) groups is 1. The lowest BCUT2D eigenvalue weighted by Crippen LogP contribution is -2.16. The minimum Gasteiger partial charge on any atom is -0.381 e. The number of hydrogen-bond donors (Lipinski definition) is 1. The second kappa shape index (κ2) is 5.07. The van der Waals surface area contributed by atoms with E-state index in [1.807, 2.05) is 18.3 Å². The molecule has 0 radical (unpaired) electrons. The molecule has 1 aliphatic rings. The predicted molar refractivity (Wildman–Crippen MR) is 59.9 cm³/mol. The Balaban J connectivity index is 2.03. The molecule has 1 amide bonds. The van der Waals surface area contributed by atoms with Crippen LogP contribution in [0.25, 0.3) is 0 Å². The topological polar surface area (TPSA) is 65.2 Å². The molecule has 1 aliphatic heterocycles. The first kappa shape index (κ1) is 11.1. The van der Waals surface area contributed by atoms with E-state index >= 15 is 0 Å². The van der Waals surface area contributed by atoms with Crippen molar-refractivity contribution >= 4 is 5.91 Å². The summed E-state index contributed by atoms with van der Waals surface area (Å²) in [7, 11) is 0. The van der Waals surface area contributed by atoms with Crippen LogP contribution in [0.1, 0.15) is 30.0 Å². The van der Waals surface area contributed by atoms with Crippen molar-refractivity contribution in [2.75, 3.05) is 13.2 Å². The van der Waals surface area contributed by atoms with Gasteiger partial charge >= 0.3 is 0 Å². The van der Waals surface area contributed by atoms with E-state index in [1.54, 1.807) is 0 Å². The minimum atomic E-state index is -0.341. The summed E-state index contributed by atoms with van der Waals surface area (Å²) in [5.41, 5.74) is 7.08. The zero-order chi connectivity index (χ0) is 11.4. The molecule has 1 fully saturated rings. The van der Waals surface area contributed by atoms with E-state index < -0.39 is 0 Å². The molecule has 1 aromatic rings. The molecular formula is C12H16N2O2. The largest absolute Gasteiger partial charge is 0.381 e. The summed E-state index contributed by atoms with van der Waals surface area (Å²) in [5, 5.41) is 0. The van der Waals surface area contributed by atoms with Crippen LogP contribution in [0.15, 0.2) is 18.3 Å². The van der Waals surface area contributed by atoms with Crippen molar-refractivity contribution in [2.24, 2.45) is 5.73 Å². The highest BCUT2D eigenvalue weighted by Crippen LogP contribution is 2.26. The molecule has 4 heteroatoms. The summed E-state index contributed by atoms with van der Waals surface area (Å²) in [5.74, 6) is 0.204. The van der Waals surface area contributed by atoms with Gasteiger partial charge in [0.15, 0.2) is 0 Å². The second-order valence-electron chi connectivity index (χ2n) is 4.11. The molecule has 0 atom stereocenters. The molecule has 2 heterocycles. The average molecular weight is 220 g/mol. The summed E-state index contributed by atoms with van der Waals surface area (Å²) in [4.78, 5) is 15.0. The molecule has 4 nitrogen and oxygen atoms in total. The number of pyridine rings is 1. The molecular weight excluding hydrogens is 204 g/mol. The zero-order valence-electron chi connectivity index (χ0n) is 9.19. The van der Waals surface area contributed by atoms with Gasteiger partial charge in [0, 0.05) is 25.1 Å². The number of nitrogens with zero attached hydrogens (tertiary/aromatic N) is 1. The Morgan fingerprint density at radius 1 is 1.44 bits per heavy atom. The third kappa shape index (κ3) is 2.79. The van der Waals surface area contributed by atoms with E-state index in [9.17, 15) is 4.79 Å². The van der Waals surface area contributed by atoms with Crippen LogP contribution >= 0.6 is 0 Å². The van der Waals surface area contributed by atoms with Crippen LogP contribution < -0.4 is 5.73 Å². The van der Waals surface area contributed by atoms with Crippen LogP contribution in [0.5, 0.6) is 0 Å². The lowest BCUT2D eigenvalue weighted by Gasteiger charge is -2.22. The standard InChI is InChI=1S/C12H16N2O2/c13-12(15)7-11-2-1-10(8-14-11)9-3-5-16-6-4-9/h1-2,8-9H,3-7H2,(H2,13,15). The van der Waals surface area contributed by atoms with Crippen LogP contribution in [0.3, 0.4) is 0 Å². The maximum atomic E-state index is 10.7. The maximum Gasteiger partial charge on any atom is 0.223 e. The van der Waals surface area contributed by atoms with Gasteiger partial charge in [0.05, 0.1) is 6.42 Å².